The molecule has 2 atom stereocenters. The standard InChI is InChI=1S/C23H19Cl2F4N5O3/c1-12(35)21-30-20(31-34(21)17-8-15(26)6-7-16(17)25)11-32-9-18(13-2-4-14(24)5-3-13)33(22(32)37)10-19(36)23(27,28)29/h2-9,12,19,35-36H,10-11H2,1H3. The molecule has 37 heavy (non-hydrogen) atoms. The van der Waals surface area contributed by atoms with Crippen LogP contribution in [0.2, 0.25) is 10.0 Å². The lowest BCUT2D eigenvalue weighted by Gasteiger charge is -2.16. The van der Waals surface area contributed by atoms with Crippen LogP contribution in [0.15, 0.2) is 53.5 Å². The summed E-state index contributed by atoms with van der Waals surface area (Å²) < 4.78 is 56.1. The van der Waals surface area contributed by atoms with Gasteiger partial charge in [-0.2, -0.15) is 13.2 Å². The maximum absolute atomic E-state index is 13.9. The average Bonchev–Trinajstić information content (AvgIpc) is 3.38. The summed E-state index contributed by atoms with van der Waals surface area (Å²) in [6.45, 7) is 0.0402. The monoisotopic (exact) mass is 559 g/mol. The summed E-state index contributed by atoms with van der Waals surface area (Å²) in [6.07, 6.45) is -7.60. The van der Waals surface area contributed by atoms with E-state index in [1.807, 2.05) is 0 Å². The van der Waals surface area contributed by atoms with Crippen LogP contribution >= 0.6 is 23.2 Å². The lowest BCUT2D eigenvalue weighted by Crippen LogP contribution is -2.37. The molecule has 2 N–H and O–H groups in total. The summed E-state index contributed by atoms with van der Waals surface area (Å²) in [6, 6.07) is 9.57. The second kappa shape index (κ2) is 10.3. The minimum absolute atomic E-state index is 0.000370. The van der Waals surface area contributed by atoms with Gasteiger partial charge in [-0.25, -0.2) is 18.9 Å². The number of rotatable bonds is 7. The Morgan fingerprint density at radius 2 is 1.76 bits per heavy atom. The maximum atomic E-state index is 13.9. The molecule has 2 aromatic heterocycles. The van der Waals surface area contributed by atoms with Crippen LogP contribution in [0.1, 0.15) is 24.7 Å². The van der Waals surface area contributed by atoms with Crippen molar-refractivity contribution in [3.05, 3.63) is 86.7 Å². The average molecular weight is 560 g/mol. The number of nitrogens with zero attached hydrogens (tertiary/aromatic N) is 5. The molecule has 0 spiro atoms. The van der Waals surface area contributed by atoms with Crippen molar-refractivity contribution >= 4 is 23.2 Å². The predicted octanol–water partition coefficient (Wildman–Crippen LogP) is 4.37. The fraction of sp³-hybridized carbons (Fsp3) is 0.261. The first-order valence-corrected chi connectivity index (χ1v) is 11.5. The molecule has 8 nitrogen and oxygen atoms in total. The molecule has 0 amide bonds. The van der Waals surface area contributed by atoms with Gasteiger partial charge in [-0.3, -0.25) is 9.13 Å². The first-order chi connectivity index (χ1) is 17.3. The number of halogens is 6. The zero-order chi connectivity index (χ0) is 27.1. The Bertz CT molecular complexity index is 1480. The van der Waals surface area contributed by atoms with E-state index in [9.17, 15) is 32.6 Å². The zero-order valence-electron chi connectivity index (χ0n) is 19.0. The number of benzene rings is 2. The largest absolute Gasteiger partial charge is 0.416 e. The van der Waals surface area contributed by atoms with Crippen molar-refractivity contribution in [3.63, 3.8) is 0 Å². The molecule has 0 aliphatic heterocycles. The van der Waals surface area contributed by atoms with Crippen LogP contribution in [-0.4, -0.2) is 46.4 Å². The van der Waals surface area contributed by atoms with Crippen molar-refractivity contribution in [2.24, 2.45) is 0 Å². The Morgan fingerprint density at radius 1 is 1.08 bits per heavy atom. The lowest BCUT2D eigenvalue weighted by atomic mass is 10.1. The topological polar surface area (TPSA) is 98.1 Å². The quantitative estimate of drug-likeness (QED) is 0.328. The summed E-state index contributed by atoms with van der Waals surface area (Å²) in [5, 5.41) is 24.6. The van der Waals surface area contributed by atoms with Gasteiger partial charge in [0.2, 0.25) is 0 Å². The van der Waals surface area contributed by atoms with Crippen LogP contribution in [0.25, 0.3) is 16.9 Å². The number of alkyl halides is 3. The molecule has 0 fully saturated rings. The van der Waals surface area contributed by atoms with Gasteiger partial charge in [0.1, 0.15) is 11.9 Å². The number of aromatic nitrogens is 5. The molecule has 14 heteroatoms. The predicted molar refractivity (Wildman–Crippen MR) is 127 cm³/mol. The third-order valence-corrected chi connectivity index (χ3v) is 5.99. The molecule has 2 unspecified atom stereocenters. The van der Waals surface area contributed by atoms with Gasteiger partial charge in [-0.1, -0.05) is 35.3 Å². The molecule has 0 radical (unpaired) electrons. The Balaban J connectivity index is 1.79. The van der Waals surface area contributed by atoms with E-state index in [1.54, 1.807) is 0 Å². The zero-order valence-corrected chi connectivity index (χ0v) is 20.5. The molecule has 0 saturated carbocycles. The third kappa shape index (κ3) is 5.72. The second-order valence-electron chi connectivity index (χ2n) is 8.17. The summed E-state index contributed by atoms with van der Waals surface area (Å²) in [4.78, 5) is 17.4. The first kappa shape index (κ1) is 26.9. The van der Waals surface area contributed by atoms with E-state index in [-0.39, 0.29) is 34.6 Å². The minimum Gasteiger partial charge on any atom is -0.385 e. The van der Waals surface area contributed by atoms with Crippen LogP contribution in [0.5, 0.6) is 0 Å². The van der Waals surface area contributed by atoms with Crippen LogP contribution in [0.4, 0.5) is 17.6 Å². The molecule has 196 valence electrons. The molecule has 2 aromatic carbocycles. The van der Waals surface area contributed by atoms with Gasteiger partial charge in [0.15, 0.2) is 17.8 Å². The second-order valence-corrected chi connectivity index (χ2v) is 9.01. The Kier molecular flexibility index (Phi) is 7.47. The number of imidazole rings is 1. The molecule has 4 rings (SSSR count). The van der Waals surface area contributed by atoms with Gasteiger partial charge in [0.25, 0.3) is 0 Å². The fourth-order valence-electron chi connectivity index (χ4n) is 3.63. The SMILES string of the molecule is CC(O)c1nc(Cn2cc(-c3ccc(Cl)cc3)n(CC(O)C(F)(F)F)c2=O)nn1-c1cc(F)ccc1Cl. The summed E-state index contributed by atoms with van der Waals surface area (Å²) in [7, 11) is 0. The summed E-state index contributed by atoms with van der Waals surface area (Å²) in [5.41, 5.74) is -0.305. The van der Waals surface area contributed by atoms with Crippen LogP contribution in [0.3, 0.4) is 0 Å². The van der Waals surface area contributed by atoms with Gasteiger partial charge in [0.05, 0.1) is 29.5 Å². The highest BCUT2D eigenvalue weighted by Gasteiger charge is 2.39. The minimum atomic E-state index is -4.95. The fourth-order valence-corrected chi connectivity index (χ4v) is 3.96. The van der Waals surface area contributed by atoms with E-state index in [1.165, 1.54) is 43.5 Å². The van der Waals surface area contributed by atoms with Gasteiger partial charge < -0.3 is 10.2 Å². The van der Waals surface area contributed by atoms with Crippen molar-refractivity contribution in [1.29, 1.82) is 0 Å². The van der Waals surface area contributed by atoms with Crippen molar-refractivity contribution < 1.29 is 27.8 Å². The summed E-state index contributed by atoms with van der Waals surface area (Å²) >= 11 is 12.1. The number of aliphatic hydroxyl groups is 2. The van der Waals surface area contributed by atoms with Crippen LogP contribution in [0, 0.1) is 5.82 Å². The van der Waals surface area contributed by atoms with E-state index < -0.39 is 36.4 Å². The van der Waals surface area contributed by atoms with E-state index >= 15 is 0 Å². The molecule has 0 saturated heterocycles. The highest BCUT2D eigenvalue weighted by Crippen LogP contribution is 2.27. The lowest BCUT2D eigenvalue weighted by molar-refractivity contribution is -0.207. The first-order valence-electron chi connectivity index (χ1n) is 10.7. The van der Waals surface area contributed by atoms with Gasteiger partial charge in [-0.05, 0) is 36.8 Å². The van der Waals surface area contributed by atoms with Crippen molar-refractivity contribution in [1.82, 2.24) is 23.9 Å². The van der Waals surface area contributed by atoms with Gasteiger partial charge >= 0.3 is 11.9 Å². The normalized spacial score (nSPS) is 13.6. The number of hydrogen-bond donors (Lipinski definition) is 2. The van der Waals surface area contributed by atoms with Crippen molar-refractivity contribution in [2.75, 3.05) is 0 Å². The van der Waals surface area contributed by atoms with Crippen molar-refractivity contribution in [2.45, 2.75) is 38.4 Å². The number of hydrogen-bond acceptors (Lipinski definition) is 5. The Morgan fingerprint density at radius 3 is 2.38 bits per heavy atom. The number of aliphatic hydroxyl groups excluding tert-OH is 2. The highest BCUT2D eigenvalue weighted by molar-refractivity contribution is 6.32. The van der Waals surface area contributed by atoms with Crippen LogP contribution < -0.4 is 5.69 Å². The molecule has 0 bridgehead atoms. The van der Waals surface area contributed by atoms with Gasteiger partial charge in [-0.15, -0.1) is 5.10 Å². The molecule has 2 heterocycles. The van der Waals surface area contributed by atoms with E-state index in [4.69, 9.17) is 23.2 Å². The highest BCUT2D eigenvalue weighted by atomic mass is 35.5. The van der Waals surface area contributed by atoms with E-state index in [0.717, 1.165) is 25.9 Å². The third-order valence-electron chi connectivity index (χ3n) is 5.42. The Hall–Kier alpha value is -3.19. The molecule has 0 aliphatic carbocycles. The molecule has 0 aliphatic rings. The van der Waals surface area contributed by atoms with Gasteiger partial charge in [0, 0.05) is 17.3 Å². The summed E-state index contributed by atoms with van der Waals surface area (Å²) in [5.74, 6) is -0.618. The smallest absolute Gasteiger partial charge is 0.385 e. The molecular weight excluding hydrogens is 541 g/mol. The van der Waals surface area contributed by atoms with E-state index in [0.29, 0.717) is 10.6 Å². The molecule has 4 aromatic rings. The van der Waals surface area contributed by atoms with Crippen molar-refractivity contribution in [3.8, 4) is 16.9 Å². The Labute approximate surface area is 216 Å². The molecular formula is C23H19Cl2F4N5O3. The van der Waals surface area contributed by atoms with E-state index in [2.05, 4.69) is 10.1 Å². The van der Waals surface area contributed by atoms with Crippen LogP contribution in [-0.2, 0) is 13.1 Å². The maximum Gasteiger partial charge on any atom is 0.416 e.